The molecule has 0 saturated heterocycles. The summed E-state index contributed by atoms with van der Waals surface area (Å²) in [6, 6.07) is 48.5. The average molecular weight is 606 g/mol. The molecule has 5 heteroatoms. The third kappa shape index (κ3) is 3.82. The van der Waals surface area contributed by atoms with Gasteiger partial charge in [0.05, 0.1) is 0 Å². The second-order valence-electron chi connectivity index (χ2n) is 11.6. The summed E-state index contributed by atoms with van der Waals surface area (Å²) < 4.78 is 9.02. The molecule has 0 N–H and O–H groups in total. The summed E-state index contributed by atoms with van der Waals surface area (Å²) in [4.78, 5) is 15.2. The lowest BCUT2D eigenvalue weighted by Gasteiger charge is -2.11. The van der Waals surface area contributed by atoms with Crippen molar-refractivity contribution in [3.05, 3.63) is 140 Å². The van der Waals surface area contributed by atoms with Crippen molar-refractivity contribution in [1.29, 1.82) is 0 Å². The van der Waals surface area contributed by atoms with Gasteiger partial charge in [-0.1, -0.05) is 103 Å². The maximum Gasteiger partial charge on any atom is 0.164 e. The van der Waals surface area contributed by atoms with E-state index >= 15 is 0 Å². The molecule has 0 atom stereocenters. The van der Waals surface area contributed by atoms with Crippen molar-refractivity contribution in [3.8, 4) is 34.2 Å². The van der Waals surface area contributed by atoms with Gasteiger partial charge < -0.3 is 4.42 Å². The van der Waals surface area contributed by atoms with Gasteiger partial charge in [-0.05, 0) is 52.6 Å². The molecule has 0 radical (unpaired) electrons. The fraction of sp³-hybridized carbons (Fsp3) is 0. The highest BCUT2D eigenvalue weighted by Crippen LogP contribution is 2.42. The zero-order valence-electron chi connectivity index (χ0n) is 24.4. The molecule has 3 aromatic heterocycles. The fourth-order valence-electron chi connectivity index (χ4n) is 6.76. The van der Waals surface area contributed by atoms with Gasteiger partial charge in [0, 0.05) is 53.0 Å². The van der Waals surface area contributed by atoms with Gasteiger partial charge in [-0.2, -0.15) is 0 Å². The highest BCUT2D eigenvalue weighted by molar-refractivity contribution is 7.25. The van der Waals surface area contributed by atoms with E-state index in [-0.39, 0.29) is 0 Å². The maximum atomic E-state index is 6.49. The van der Waals surface area contributed by atoms with Gasteiger partial charge in [-0.3, -0.25) is 0 Å². The minimum absolute atomic E-state index is 0.634. The van der Waals surface area contributed by atoms with Crippen LogP contribution in [0.5, 0.6) is 0 Å². The lowest BCUT2D eigenvalue weighted by molar-refractivity contribution is 0.673. The molecule has 0 aliphatic carbocycles. The number of hydrogen-bond donors (Lipinski definition) is 0. The lowest BCUT2D eigenvalue weighted by atomic mass is 9.95. The van der Waals surface area contributed by atoms with Gasteiger partial charge in [-0.15, -0.1) is 11.3 Å². The number of rotatable bonds is 3. The summed E-state index contributed by atoms with van der Waals surface area (Å²) in [5.74, 6) is 1.93. The largest absolute Gasteiger partial charge is 0.455 e. The summed E-state index contributed by atoms with van der Waals surface area (Å²) in [6.45, 7) is 0. The number of hydrogen-bond acceptors (Lipinski definition) is 5. The molecule has 0 fully saturated rings. The van der Waals surface area contributed by atoms with Crippen LogP contribution in [0.4, 0.5) is 0 Å². The normalized spacial score (nSPS) is 11.9. The van der Waals surface area contributed by atoms with Crippen molar-refractivity contribution in [2.75, 3.05) is 0 Å². The van der Waals surface area contributed by atoms with Crippen molar-refractivity contribution in [3.63, 3.8) is 0 Å². The van der Waals surface area contributed by atoms with Crippen LogP contribution in [0.2, 0.25) is 0 Å². The van der Waals surface area contributed by atoms with E-state index < -0.39 is 0 Å². The van der Waals surface area contributed by atoms with Crippen LogP contribution < -0.4 is 0 Å². The molecule has 0 amide bonds. The van der Waals surface area contributed by atoms with Gasteiger partial charge >= 0.3 is 0 Å². The molecule has 0 saturated carbocycles. The molecule has 3 heterocycles. The Kier molecular flexibility index (Phi) is 5.41. The molecule has 7 aromatic carbocycles. The monoisotopic (exact) mass is 605 g/mol. The summed E-state index contributed by atoms with van der Waals surface area (Å²) in [5, 5.41) is 9.23. The Morgan fingerprint density at radius 2 is 0.957 bits per heavy atom. The van der Waals surface area contributed by atoms with Crippen LogP contribution in [0.25, 0.3) is 97.8 Å². The van der Waals surface area contributed by atoms with E-state index in [9.17, 15) is 0 Å². The number of fused-ring (bicyclic) bond motifs is 11. The van der Waals surface area contributed by atoms with Crippen molar-refractivity contribution in [1.82, 2.24) is 15.0 Å². The first-order chi connectivity index (χ1) is 22.8. The van der Waals surface area contributed by atoms with E-state index in [0.717, 1.165) is 54.8 Å². The highest BCUT2D eigenvalue weighted by Gasteiger charge is 2.18. The standard InChI is InChI=1S/C41H23N3OS/c1-2-10-24(11-3-1)39-42-40(44-41(43-39)26-19-21-36-32(22-26)29-13-7-9-17-35(29)46-36)25-18-20-28-27-12-4-5-14-30(27)38-37(33(28)23-25)31-15-6-8-16-34(31)45-38/h1-23H. The smallest absolute Gasteiger partial charge is 0.164 e. The Bertz CT molecular complexity index is 2820. The Morgan fingerprint density at radius 3 is 1.76 bits per heavy atom. The SMILES string of the molecule is c1ccc(-c2nc(-c3ccc4sc5ccccc5c4c3)nc(-c3ccc4c5ccccc5c5oc6ccccc6c5c4c3)n2)cc1. The number of aromatic nitrogens is 3. The maximum absolute atomic E-state index is 6.49. The molecular formula is C41H23N3OS. The van der Waals surface area contributed by atoms with Gasteiger partial charge in [0.15, 0.2) is 17.5 Å². The van der Waals surface area contributed by atoms with Crippen LogP contribution in [0.15, 0.2) is 144 Å². The van der Waals surface area contributed by atoms with Crippen LogP contribution in [0, 0.1) is 0 Å². The molecule has 0 aliphatic rings. The number of furan rings is 1. The quantitative estimate of drug-likeness (QED) is 0.188. The summed E-state index contributed by atoms with van der Waals surface area (Å²) >= 11 is 1.81. The van der Waals surface area contributed by atoms with E-state index in [0.29, 0.717) is 17.5 Å². The van der Waals surface area contributed by atoms with Crippen molar-refractivity contribution in [2.45, 2.75) is 0 Å². The fourth-order valence-corrected chi connectivity index (χ4v) is 7.85. The molecule has 0 bridgehead atoms. The minimum Gasteiger partial charge on any atom is -0.455 e. The molecule has 4 nitrogen and oxygen atoms in total. The second-order valence-corrected chi connectivity index (χ2v) is 12.7. The lowest BCUT2D eigenvalue weighted by Crippen LogP contribution is -2.00. The predicted octanol–water partition coefficient (Wildman–Crippen LogP) is 11.4. The van der Waals surface area contributed by atoms with E-state index in [4.69, 9.17) is 19.4 Å². The molecule has 46 heavy (non-hydrogen) atoms. The number of thiophene rings is 1. The van der Waals surface area contributed by atoms with E-state index in [2.05, 4.69) is 97.1 Å². The predicted molar refractivity (Wildman–Crippen MR) is 191 cm³/mol. The third-order valence-corrected chi connectivity index (χ3v) is 10.1. The van der Waals surface area contributed by atoms with Gasteiger partial charge in [-0.25, -0.2) is 15.0 Å². The highest BCUT2D eigenvalue weighted by atomic mass is 32.1. The minimum atomic E-state index is 0.634. The van der Waals surface area contributed by atoms with E-state index in [1.54, 1.807) is 0 Å². The van der Waals surface area contributed by atoms with E-state index in [1.807, 2.05) is 53.8 Å². The second kappa shape index (κ2) is 9.80. The first-order valence-electron chi connectivity index (χ1n) is 15.3. The molecular weight excluding hydrogens is 583 g/mol. The van der Waals surface area contributed by atoms with Crippen LogP contribution in [0.1, 0.15) is 0 Å². The summed E-state index contributed by atoms with van der Waals surface area (Å²) in [5.41, 5.74) is 4.62. The molecule has 10 rings (SSSR count). The zero-order chi connectivity index (χ0) is 30.2. The molecule has 0 aliphatic heterocycles. The van der Waals surface area contributed by atoms with Crippen molar-refractivity contribution < 1.29 is 4.42 Å². The Balaban J connectivity index is 1.24. The Labute approximate surface area is 267 Å². The van der Waals surface area contributed by atoms with Crippen molar-refractivity contribution in [2.24, 2.45) is 0 Å². The molecule has 10 aromatic rings. The van der Waals surface area contributed by atoms with Gasteiger partial charge in [0.25, 0.3) is 0 Å². The number of benzene rings is 7. The van der Waals surface area contributed by atoms with E-state index in [1.165, 1.54) is 25.6 Å². The first-order valence-corrected chi connectivity index (χ1v) is 16.1. The topological polar surface area (TPSA) is 51.8 Å². The molecule has 0 spiro atoms. The average Bonchev–Trinajstić information content (AvgIpc) is 3.71. The van der Waals surface area contributed by atoms with Crippen LogP contribution >= 0.6 is 11.3 Å². The van der Waals surface area contributed by atoms with Crippen molar-refractivity contribution >= 4 is 75.0 Å². The number of nitrogens with zero attached hydrogens (tertiary/aromatic N) is 3. The summed E-state index contributed by atoms with van der Waals surface area (Å²) in [7, 11) is 0. The summed E-state index contributed by atoms with van der Waals surface area (Å²) in [6.07, 6.45) is 0. The van der Waals surface area contributed by atoms with Gasteiger partial charge in [0.2, 0.25) is 0 Å². The molecule has 214 valence electrons. The number of para-hydroxylation sites is 1. The van der Waals surface area contributed by atoms with Crippen LogP contribution in [-0.2, 0) is 0 Å². The van der Waals surface area contributed by atoms with Crippen LogP contribution in [-0.4, -0.2) is 15.0 Å². The Hall–Kier alpha value is -5.91. The first kappa shape index (κ1) is 25.4. The van der Waals surface area contributed by atoms with Gasteiger partial charge in [0.1, 0.15) is 11.2 Å². The molecule has 0 unspecified atom stereocenters. The third-order valence-electron chi connectivity index (χ3n) is 8.91. The Morgan fingerprint density at radius 1 is 0.391 bits per heavy atom. The zero-order valence-corrected chi connectivity index (χ0v) is 25.3. The van der Waals surface area contributed by atoms with Crippen LogP contribution in [0.3, 0.4) is 0 Å².